The van der Waals surface area contributed by atoms with Crippen molar-refractivity contribution < 1.29 is 18.3 Å². The first-order valence-electron chi connectivity index (χ1n) is 17.2. The maximum absolute atomic E-state index is 14.4. The Kier molecular flexibility index (Phi) is 7.32. The number of rotatable bonds is 7. The lowest BCUT2D eigenvalue weighted by atomic mass is 10.1. The molecule has 0 radical (unpaired) electrons. The Morgan fingerprint density at radius 3 is 1.35 bits per heavy atom. The van der Waals surface area contributed by atoms with Crippen LogP contribution in [0.1, 0.15) is 0 Å². The van der Waals surface area contributed by atoms with Gasteiger partial charge in [-0.15, -0.1) is 0 Å². The van der Waals surface area contributed by atoms with E-state index in [1.54, 1.807) is 30.6 Å². The van der Waals surface area contributed by atoms with E-state index in [1.807, 2.05) is 97.1 Å². The number of ether oxygens (including phenoxy) is 2. The average Bonchev–Trinajstić information content (AvgIpc) is 3.70. The molecule has 0 aliphatic heterocycles. The number of para-hydroxylation sites is 2. The average molecular weight is 709 g/mol. The third-order valence-corrected chi connectivity index (χ3v) is 9.32. The zero-order valence-electron chi connectivity index (χ0n) is 28.3. The third kappa shape index (κ3) is 5.44. The molecule has 0 spiro atoms. The molecule has 0 unspecified atom stereocenters. The molecule has 0 amide bonds. The highest BCUT2D eigenvalue weighted by molar-refractivity contribution is 6.10. The van der Waals surface area contributed by atoms with Gasteiger partial charge in [-0.2, -0.15) is 18.7 Å². The van der Waals surface area contributed by atoms with Crippen molar-refractivity contribution in [3.8, 4) is 46.0 Å². The predicted octanol–water partition coefficient (Wildman–Crippen LogP) is 11.0. The van der Waals surface area contributed by atoms with Crippen LogP contribution in [0.3, 0.4) is 0 Å². The van der Waals surface area contributed by atoms with E-state index in [0.29, 0.717) is 34.6 Å². The molecule has 0 atom stereocenters. The third-order valence-electron chi connectivity index (χ3n) is 9.32. The molecule has 258 valence electrons. The Morgan fingerprint density at radius 2 is 0.870 bits per heavy atom. The van der Waals surface area contributed by atoms with E-state index in [2.05, 4.69) is 53.3 Å². The van der Waals surface area contributed by atoms with Gasteiger partial charge in [-0.05, 0) is 72.8 Å². The molecule has 10 rings (SSSR count). The van der Waals surface area contributed by atoms with Crippen LogP contribution in [-0.4, -0.2) is 29.1 Å². The molecule has 5 aromatic heterocycles. The summed E-state index contributed by atoms with van der Waals surface area (Å²) in [6.45, 7) is 0. The normalized spacial score (nSPS) is 11.5. The lowest BCUT2D eigenvalue weighted by Gasteiger charge is -2.13. The van der Waals surface area contributed by atoms with Crippen LogP contribution in [0.4, 0.5) is 8.78 Å². The molecule has 10 aromatic rings. The van der Waals surface area contributed by atoms with Crippen LogP contribution in [0.15, 0.2) is 158 Å². The Balaban J connectivity index is 1.09. The standard InChI is InChI=1S/C44H26F2N6O2/c45-40-26-41(46)50-44(49-40)27-21-30(53-28-15-17-34-32-9-1-3-11-36(32)51(38(34)24-28)42-13-5-7-19-47-42)23-31(22-27)54-29-16-18-35-33-10-2-4-12-37(33)52(39(35)25-29)43-14-6-8-20-48-43/h1-26H. The number of fused-ring (bicyclic) bond motifs is 6. The number of aromatic nitrogens is 6. The summed E-state index contributed by atoms with van der Waals surface area (Å²) >= 11 is 0. The summed E-state index contributed by atoms with van der Waals surface area (Å²) in [4.78, 5) is 17.0. The molecule has 0 aliphatic rings. The van der Waals surface area contributed by atoms with Gasteiger partial charge in [0, 0.05) is 63.8 Å². The summed E-state index contributed by atoms with van der Waals surface area (Å²) in [7, 11) is 0. The van der Waals surface area contributed by atoms with E-state index >= 15 is 0 Å². The van der Waals surface area contributed by atoms with Crippen molar-refractivity contribution in [2.75, 3.05) is 0 Å². The van der Waals surface area contributed by atoms with Gasteiger partial charge in [0.05, 0.1) is 22.1 Å². The molecule has 5 aromatic carbocycles. The molecule has 0 fully saturated rings. The van der Waals surface area contributed by atoms with Crippen LogP contribution in [0.2, 0.25) is 0 Å². The van der Waals surface area contributed by atoms with E-state index in [-0.39, 0.29) is 5.82 Å². The van der Waals surface area contributed by atoms with E-state index in [9.17, 15) is 8.78 Å². The molecule has 0 saturated carbocycles. The Morgan fingerprint density at radius 1 is 0.407 bits per heavy atom. The predicted molar refractivity (Wildman–Crippen MR) is 205 cm³/mol. The fraction of sp³-hybridized carbons (Fsp3) is 0. The van der Waals surface area contributed by atoms with Gasteiger partial charge in [0.1, 0.15) is 34.6 Å². The van der Waals surface area contributed by atoms with E-state index in [0.717, 1.165) is 55.2 Å². The van der Waals surface area contributed by atoms with Crippen LogP contribution in [-0.2, 0) is 0 Å². The highest BCUT2D eigenvalue weighted by Crippen LogP contribution is 2.39. The molecule has 0 bridgehead atoms. The number of nitrogens with zero attached hydrogens (tertiary/aromatic N) is 6. The van der Waals surface area contributed by atoms with E-state index in [1.165, 1.54) is 0 Å². The first-order chi connectivity index (χ1) is 26.6. The van der Waals surface area contributed by atoms with Gasteiger partial charge in [0.25, 0.3) is 0 Å². The second-order valence-corrected chi connectivity index (χ2v) is 12.7. The first kappa shape index (κ1) is 31.3. The zero-order chi connectivity index (χ0) is 36.2. The van der Waals surface area contributed by atoms with Crippen LogP contribution in [0, 0.1) is 11.9 Å². The van der Waals surface area contributed by atoms with Crippen LogP contribution >= 0.6 is 0 Å². The van der Waals surface area contributed by atoms with Crippen molar-refractivity contribution >= 4 is 43.6 Å². The minimum atomic E-state index is -0.994. The molecule has 0 aliphatic carbocycles. The molecule has 10 heteroatoms. The molecular weight excluding hydrogens is 683 g/mol. The van der Waals surface area contributed by atoms with Gasteiger partial charge >= 0.3 is 0 Å². The van der Waals surface area contributed by atoms with Gasteiger partial charge in [-0.3, -0.25) is 9.13 Å². The molecular formula is C44H26F2N6O2. The van der Waals surface area contributed by atoms with Crippen molar-refractivity contribution in [3.63, 3.8) is 0 Å². The number of hydrogen-bond acceptors (Lipinski definition) is 6. The van der Waals surface area contributed by atoms with Gasteiger partial charge in [-0.1, -0.05) is 48.5 Å². The monoisotopic (exact) mass is 708 g/mol. The Hall–Kier alpha value is -7.46. The zero-order valence-corrected chi connectivity index (χ0v) is 28.3. The summed E-state index contributed by atoms with van der Waals surface area (Å²) in [6, 6.07) is 45.1. The molecule has 8 nitrogen and oxygen atoms in total. The van der Waals surface area contributed by atoms with Gasteiger partial charge < -0.3 is 9.47 Å². The molecule has 0 N–H and O–H groups in total. The fourth-order valence-electron chi connectivity index (χ4n) is 7.10. The maximum Gasteiger partial charge on any atom is 0.219 e. The minimum Gasteiger partial charge on any atom is -0.457 e. The summed E-state index contributed by atoms with van der Waals surface area (Å²) in [5.74, 6) is 1.14. The van der Waals surface area contributed by atoms with Crippen molar-refractivity contribution in [2.24, 2.45) is 0 Å². The molecule has 0 saturated heterocycles. The minimum absolute atomic E-state index is 0.153. The van der Waals surface area contributed by atoms with Gasteiger partial charge in [0.2, 0.25) is 11.9 Å². The smallest absolute Gasteiger partial charge is 0.219 e. The fourth-order valence-corrected chi connectivity index (χ4v) is 7.10. The van der Waals surface area contributed by atoms with Crippen molar-refractivity contribution in [1.29, 1.82) is 0 Å². The summed E-state index contributed by atoms with van der Waals surface area (Å²) in [5.41, 5.74) is 4.10. The van der Waals surface area contributed by atoms with Gasteiger partial charge in [0.15, 0.2) is 5.82 Å². The van der Waals surface area contributed by atoms with Crippen LogP contribution in [0.5, 0.6) is 23.0 Å². The largest absolute Gasteiger partial charge is 0.457 e. The number of benzene rings is 5. The van der Waals surface area contributed by atoms with Crippen LogP contribution < -0.4 is 9.47 Å². The second-order valence-electron chi connectivity index (χ2n) is 12.7. The Bertz CT molecular complexity index is 2840. The van der Waals surface area contributed by atoms with Crippen molar-refractivity contribution in [2.45, 2.75) is 0 Å². The number of hydrogen-bond donors (Lipinski definition) is 0. The van der Waals surface area contributed by atoms with E-state index < -0.39 is 11.9 Å². The molecule has 5 heterocycles. The molecule has 54 heavy (non-hydrogen) atoms. The number of halogens is 2. The quantitative estimate of drug-likeness (QED) is 0.153. The van der Waals surface area contributed by atoms with Crippen LogP contribution in [0.25, 0.3) is 66.6 Å². The topological polar surface area (TPSA) is 79.9 Å². The van der Waals surface area contributed by atoms with Crippen molar-refractivity contribution in [3.05, 3.63) is 170 Å². The SMILES string of the molecule is Fc1cc(F)nc(-c2cc(Oc3ccc4c5ccccc5n(-c5ccccn5)c4c3)cc(Oc3ccc4c5ccccc5n(-c5ccccn5)c4c3)c2)n1. The lowest BCUT2D eigenvalue weighted by Crippen LogP contribution is -1.98. The lowest BCUT2D eigenvalue weighted by molar-refractivity contribution is 0.461. The summed E-state index contributed by atoms with van der Waals surface area (Å²) in [6.07, 6.45) is 3.52. The van der Waals surface area contributed by atoms with E-state index in [4.69, 9.17) is 9.47 Å². The highest BCUT2D eigenvalue weighted by atomic mass is 19.1. The second kappa shape index (κ2) is 12.6. The first-order valence-corrected chi connectivity index (χ1v) is 17.2. The summed E-state index contributed by atoms with van der Waals surface area (Å²) < 4.78 is 45.9. The maximum atomic E-state index is 14.4. The Labute approximate surface area is 306 Å². The summed E-state index contributed by atoms with van der Waals surface area (Å²) in [5, 5.41) is 4.21. The highest BCUT2D eigenvalue weighted by Gasteiger charge is 2.17. The van der Waals surface area contributed by atoms with Crippen molar-refractivity contribution in [1.82, 2.24) is 29.1 Å². The number of pyridine rings is 2. The van der Waals surface area contributed by atoms with Gasteiger partial charge in [-0.25, -0.2) is 9.97 Å².